The van der Waals surface area contributed by atoms with Crippen LogP contribution in [0, 0.1) is 5.41 Å². The van der Waals surface area contributed by atoms with Crippen molar-refractivity contribution < 1.29 is 27.5 Å². The number of halogens is 4. The minimum atomic E-state index is -4.71. The molecule has 3 aromatic rings. The Hall–Kier alpha value is -3.37. The summed E-state index contributed by atoms with van der Waals surface area (Å²) < 4.78 is 46.5. The van der Waals surface area contributed by atoms with Crippen molar-refractivity contribution in [2.24, 2.45) is 5.41 Å². The lowest BCUT2D eigenvalue weighted by Gasteiger charge is -2.13. The number of ketones is 1. The fourth-order valence-corrected chi connectivity index (χ4v) is 4.47. The van der Waals surface area contributed by atoms with Crippen LogP contribution < -0.4 is 24.8 Å². The third-order valence-corrected chi connectivity index (χ3v) is 6.60. The zero-order chi connectivity index (χ0) is 27.5. The van der Waals surface area contributed by atoms with Crippen molar-refractivity contribution in [3.63, 3.8) is 0 Å². The summed E-state index contributed by atoms with van der Waals surface area (Å²) in [7, 11) is 1.49. The fourth-order valence-electron chi connectivity index (χ4n) is 3.21. The minimum absolute atomic E-state index is 0.137. The largest absolute Gasteiger partial charge is 0.496 e. The Balaban J connectivity index is 2.06. The van der Waals surface area contributed by atoms with Crippen LogP contribution in [0.25, 0.3) is 12.2 Å². The molecule has 6 nitrogen and oxygen atoms in total. The molecule has 1 amide bonds. The van der Waals surface area contributed by atoms with Gasteiger partial charge in [-0.05, 0) is 30.3 Å². The molecule has 0 saturated heterocycles. The summed E-state index contributed by atoms with van der Waals surface area (Å²) in [6, 6.07) is 9.98. The number of ether oxygens (including phenoxy) is 1. The molecule has 0 saturated carbocycles. The highest BCUT2D eigenvalue weighted by atomic mass is 35.5. The van der Waals surface area contributed by atoms with Crippen LogP contribution in [0.4, 0.5) is 18.9 Å². The number of Topliss-reactive ketones (excluding diaryl/α,β-unsaturated/α-hetero) is 1. The number of rotatable bonds is 6. The molecule has 3 rings (SSSR count). The molecule has 0 spiro atoms. The molecule has 0 aliphatic rings. The second-order valence-electron chi connectivity index (χ2n) is 9.08. The Labute approximate surface area is 219 Å². The van der Waals surface area contributed by atoms with Gasteiger partial charge < -0.3 is 10.1 Å². The van der Waals surface area contributed by atoms with Crippen LogP contribution >= 0.6 is 22.9 Å². The number of alkyl halides is 3. The average Bonchev–Trinajstić information content (AvgIpc) is 3.08. The molecule has 0 fully saturated rings. The second kappa shape index (κ2) is 10.9. The molecule has 11 heteroatoms. The van der Waals surface area contributed by atoms with Crippen LogP contribution in [0.2, 0.25) is 5.02 Å². The maximum absolute atomic E-state index is 13.3. The lowest BCUT2D eigenvalue weighted by Crippen LogP contribution is -2.36. The molecule has 0 aliphatic carbocycles. The zero-order valence-electron chi connectivity index (χ0n) is 20.4. The maximum Gasteiger partial charge on any atom is 0.417 e. The van der Waals surface area contributed by atoms with Gasteiger partial charge >= 0.3 is 6.18 Å². The highest BCUT2D eigenvalue weighted by Gasteiger charge is 2.33. The van der Waals surface area contributed by atoms with E-state index in [0.29, 0.717) is 17.4 Å². The van der Waals surface area contributed by atoms with Gasteiger partial charge in [-0.15, -0.1) is 11.3 Å². The van der Waals surface area contributed by atoms with E-state index in [9.17, 15) is 27.6 Å². The molecule has 1 N–H and O–H groups in total. The number of carbonyl (C=O) groups is 2. The normalized spacial score (nSPS) is 13.1. The van der Waals surface area contributed by atoms with E-state index in [2.05, 4.69) is 5.32 Å². The first-order chi connectivity index (χ1) is 17.2. The Morgan fingerprint density at radius 1 is 1.14 bits per heavy atom. The average molecular weight is 553 g/mol. The Morgan fingerprint density at radius 3 is 2.43 bits per heavy atom. The van der Waals surface area contributed by atoms with Crippen molar-refractivity contribution in [1.82, 2.24) is 4.57 Å². The summed E-state index contributed by atoms with van der Waals surface area (Å²) in [5, 5.41) is 1.86. The minimum Gasteiger partial charge on any atom is -0.496 e. The quantitative estimate of drug-likeness (QED) is 0.490. The van der Waals surface area contributed by atoms with Gasteiger partial charge in [0, 0.05) is 22.7 Å². The van der Waals surface area contributed by atoms with Gasteiger partial charge in [-0.3, -0.25) is 19.0 Å². The van der Waals surface area contributed by atoms with Crippen molar-refractivity contribution in [2.75, 3.05) is 12.4 Å². The number of aromatic nitrogens is 1. The Bertz CT molecular complexity index is 1520. The molecule has 0 unspecified atom stereocenters. The van der Waals surface area contributed by atoms with E-state index in [1.165, 1.54) is 19.3 Å². The number of hydrogen-bond donors (Lipinski definition) is 1. The van der Waals surface area contributed by atoms with E-state index in [-0.39, 0.29) is 20.7 Å². The lowest BCUT2D eigenvalue weighted by atomic mass is 9.91. The predicted octanol–water partition coefficient (Wildman–Crippen LogP) is 4.45. The maximum atomic E-state index is 13.3. The van der Waals surface area contributed by atoms with Crippen molar-refractivity contribution in [3.05, 3.63) is 78.2 Å². The summed E-state index contributed by atoms with van der Waals surface area (Å²) >= 11 is 6.66. The number of carbonyl (C=O) groups excluding carboxylic acids is 2. The number of nitrogens with one attached hydrogen (secondary N) is 1. The van der Waals surface area contributed by atoms with Crippen molar-refractivity contribution >= 4 is 52.5 Å². The number of methoxy groups -OCH3 is 1. The first-order valence-electron chi connectivity index (χ1n) is 11.0. The molecule has 0 bridgehead atoms. The number of hydrogen-bond acceptors (Lipinski definition) is 5. The van der Waals surface area contributed by atoms with E-state index in [4.69, 9.17) is 16.3 Å². The fraction of sp³-hybridized carbons (Fsp3) is 0.269. The third kappa shape index (κ3) is 6.90. The van der Waals surface area contributed by atoms with Crippen LogP contribution in [0.5, 0.6) is 5.75 Å². The Morgan fingerprint density at radius 2 is 1.81 bits per heavy atom. The summed E-state index contributed by atoms with van der Waals surface area (Å²) in [5.74, 6) is -0.490. The number of nitrogens with zero attached hydrogens (tertiary/aromatic N) is 1. The van der Waals surface area contributed by atoms with Crippen LogP contribution in [0.15, 0.2) is 47.3 Å². The molecule has 1 aromatic heterocycles. The third-order valence-electron chi connectivity index (χ3n) is 5.21. The van der Waals surface area contributed by atoms with Crippen LogP contribution in [0.1, 0.15) is 31.9 Å². The van der Waals surface area contributed by atoms with E-state index in [1.807, 2.05) is 0 Å². The molecule has 196 valence electrons. The van der Waals surface area contributed by atoms with E-state index >= 15 is 0 Å². The van der Waals surface area contributed by atoms with Gasteiger partial charge in [-0.1, -0.05) is 50.6 Å². The molecule has 37 heavy (non-hydrogen) atoms. The lowest BCUT2D eigenvalue weighted by molar-refractivity contribution is -0.137. The van der Waals surface area contributed by atoms with Crippen molar-refractivity contribution in [1.29, 1.82) is 0 Å². The number of anilines is 1. The SMILES string of the molecule is COc1ccccc1/C=c1/s/c(=C\C(=O)C(C)(C)C)n(CC(=O)Nc2ccc(Cl)c(C(F)(F)F)c2)c1=O. The van der Waals surface area contributed by atoms with Gasteiger partial charge in [-0.2, -0.15) is 13.2 Å². The van der Waals surface area contributed by atoms with Crippen LogP contribution in [-0.4, -0.2) is 23.4 Å². The van der Waals surface area contributed by atoms with Gasteiger partial charge in [0.15, 0.2) is 5.78 Å². The zero-order valence-corrected chi connectivity index (χ0v) is 22.0. The van der Waals surface area contributed by atoms with Crippen LogP contribution in [-0.2, 0) is 22.3 Å². The summed E-state index contributed by atoms with van der Waals surface area (Å²) in [6.07, 6.45) is -1.82. The number of benzene rings is 2. The van der Waals surface area contributed by atoms with Gasteiger partial charge in [0.05, 0.1) is 22.2 Å². The second-order valence-corrected chi connectivity index (χ2v) is 10.6. The monoisotopic (exact) mass is 552 g/mol. The van der Waals surface area contributed by atoms with E-state index < -0.39 is 40.2 Å². The number of para-hydroxylation sites is 1. The summed E-state index contributed by atoms with van der Waals surface area (Å²) in [5.41, 5.74) is -1.89. The highest BCUT2D eigenvalue weighted by Crippen LogP contribution is 2.36. The van der Waals surface area contributed by atoms with Crippen LogP contribution in [0.3, 0.4) is 0 Å². The van der Waals surface area contributed by atoms with Crippen molar-refractivity contribution in [3.8, 4) is 5.75 Å². The van der Waals surface area contributed by atoms with Gasteiger partial charge in [0.25, 0.3) is 5.56 Å². The Kier molecular flexibility index (Phi) is 8.34. The first kappa shape index (κ1) is 28.2. The van der Waals surface area contributed by atoms with Gasteiger partial charge in [-0.25, -0.2) is 0 Å². The molecule has 0 radical (unpaired) electrons. The smallest absolute Gasteiger partial charge is 0.417 e. The van der Waals surface area contributed by atoms with E-state index in [0.717, 1.165) is 22.0 Å². The topological polar surface area (TPSA) is 77.4 Å². The number of thiazole rings is 1. The first-order valence-corrected chi connectivity index (χ1v) is 12.2. The molecule has 2 aromatic carbocycles. The molecule has 0 aliphatic heterocycles. The highest BCUT2D eigenvalue weighted by molar-refractivity contribution is 7.07. The summed E-state index contributed by atoms with van der Waals surface area (Å²) in [6.45, 7) is 4.63. The molecule has 1 heterocycles. The van der Waals surface area contributed by atoms with Crippen molar-refractivity contribution in [2.45, 2.75) is 33.5 Å². The number of amides is 1. The summed E-state index contributed by atoms with van der Waals surface area (Å²) in [4.78, 5) is 38.7. The molecular weight excluding hydrogens is 529 g/mol. The molecule has 0 atom stereocenters. The van der Waals surface area contributed by atoms with Gasteiger partial charge in [0.2, 0.25) is 5.91 Å². The van der Waals surface area contributed by atoms with Gasteiger partial charge in [0.1, 0.15) is 17.0 Å². The standard InChI is InChI=1S/C26H24ClF3N2O4S/c1-25(2,3)21(33)13-23-32(24(35)20(37-23)11-15-7-5-6-8-19(15)36-4)14-22(34)31-16-9-10-18(27)17(12-16)26(28,29)30/h5-13H,14H2,1-4H3,(H,31,34)/b20-11+,23-13-. The predicted molar refractivity (Wildman–Crippen MR) is 138 cm³/mol. The van der Waals surface area contributed by atoms with E-state index in [1.54, 1.807) is 51.1 Å². The molecular formula is C26H24ClF3N2O4S.